The van der Waals surface area contributed by atoms with E-state index in [1.807, 2.05) is 0 Å². The van der Waals surface area contributed by atoms with Gasteiger partial charge in [0.1, 0.15) is 29.3 Å². The minimum Gasteiger partial charge on any atom is -0.432 e. The van der Waals surface area contributed by atoms with Crippen molar-refractivity contribution in [2.45, 2.75) is 43.8 Å². The zero-order chi connectivity index (χ0) is 21.8. The summed E-state index contributed by atoms with van der Waals surface area (Å²) in [6.07, 6.45) is 9.48. The number of aromatic nitrogens is 4. The summed E-state index contributed by atoms with van der Waals surface area (Å²) in [7, 11) is 2.21. The van der Waals surface area contributed by atoms with Gasteiger partial charge in [-0.3, -0.25) is 4.40 Å². The molecule has 2 aliphatic heterocycles. The summed E-state index contributed by atoms with van der Waals surface area (Å²) in [6.45, 7) is 0. The number of imidazole rings is 1. The first-order valence-corrected chi connectivity index (χ1v) is 10.8. The lowest BCUT2D eigenvalue weighted by atomic mass is 9.98. The Morgan fingerprint density at radius 2 is 1.91 bits per heavy atom. The van der Waals surface area contributed by atoms with Crippen molar-refractivity contribution in [2.75, 3.05) is 12.4 Å². The van der Waals surface area contributed by atoms with E-state index in [1.165, 1.54) is 31.2 Å². The lowest BCUT2D eigenvalue weighted by molar-refractivity contribution is 0.168. The maximum atomic E-state index is 14.6. The van der Waals surface area contributed by atoms with Gasteiger partial charge in [-0.05, 0) is 50.9 Å². The van der Waals surface area contributed by atoms with Gasteiger partial charge >= 0.3 is 5.84 Å². The maximum Gasteiger partial charge on any atom is 0.306 e. The first-order chi connectivity index (χ1) is 15.6. The lowest BCUT2D eigenvalue weighted by Crippen LogP contribution is -2.44. The Labute approximate surface area is 183 Å². The molecule has 7 nitrogen and oxygen atoms in total. The number of hydrogen-bond donors (Lipinski definition) is 1. The van der Waals surface area contributed by atoms with E-state index in [1.54, 1.807) is 22.9 Å². The molecule has 1 N–H and O–H groups in total. The van der Waals surface area contributed by atoms with Crippen LogP contribution in [0.5, 0.6) is 0 Å². The molecule has 2 unspecified atom stereocenters. The molecular weight excluding hydrogens is 414 g/mol. The third-order valence-corrected chi connectivity index (χ3v) is 6.78. The van der Waals surface area contributed by atoms with Crippen molar-refractivity contribution in [3.63, 3.8) is 0 Å². The van der Waals surface area contributed by atoms with E-state index < -0.39 is 11.6 Å². The highest BCUT2D eigenvalue weighted by molar-refractivity contribution is 5.80. The van der Waals surface area contributed by atoms with E-state index in [4.69, 9.17) is 9.40 Å². The summed E-state index contributed by atoms with van der Waals surface area (Å²) >= 11 is 0. The molecular formula is C23H22F2N6O. The Kier molecular flexibility index (Phi) is 4.46. The molecule has 164 valence electrons. The van der Waals surface area contributed by atoms with Crippen molar-refractivity contribution >= 4 is 11.8 Å². The summed E-state index contributed by atoms with van der Waals surface area (Å²) in [5.74, 6) is -0.503. The lowest BCUT2D eigenvalue weighted by Gasteiger charge is -2.36. The molecule has 9 heteroatoms. The molecule has 2 saturated heterocycles. The maximum absolute atomic E-state index is 14.6. The fourth-order valence-electron chi connectivity index (χ4n) is 5.17. The third-order valence-electron chi connectivity index (χ3n) is 6.78. The topological polar surface area (TPSA) is 71.5 Å². The number of fused-ring (bicyclic) bond motifs is 3. The highest BCUT2D eigenvalue weighted by Crippen LogP contribution is 2.36. The van der Waals surface area contributed by atoms with Gasteiger partial charge < -0.3 is 14.6 Å². The highest BCUT2D eigenvalue weighted by Gasteiger charge is 2.38. The fraction of sp³-hybridized carbons (Fsp3) is 0.348. The first kappa shape index (κ1) is 19.4. The second-order valence-electron chi connectivity index (χ2n) is 8.62. The van der Waals surface area contributed by atoms with Gasteiger partial charge in [0.2, 0.25) is 5.95 Å². The minimum atomic E-state index is -0.693. The van der Waals surface area contributed by atoms with E-state index >= 15 is 0 Å². The Morgan fingerprint density at radius 1 is 1.09 bits per heavy atom. The molecule has 0 saturated carbocycles. The van der Waals surface area contributed by atoms with Crippen LogP contribution in [0.1, 0.15) is 25.7 Å². The molecule has 2 bridgehead atoms. The monoisotopic (exact) mass is 436 g/mol. The molecule has 0 radical (unpaired) electrons. The zero-order valence-electron chi connectivity index (χ0n) is 17.5. The molecule has 5 heterocycles. The fourth-order valence-corrected chi connectivity index (χ4v) is 5.17. The summed E-state index contributed by atoms with van der Waals surface area (Å²) in [6, 6.07) is 6.71. The van der Waals surface area contributed by atoms with Crippen LogP contribution in [0.15, 0.2) is 47.3 Å². The number of hydrogen-bond acceptors (Lipinski definition) is 6. The van der Waals surface area contributed by atoms with Crippen molar-refractivity contribution in [2.24, 2.45) is 0 Å². The summed E-state index contributed by atoms with van der Waals surface area (Å²) in [4.78, 5) is 16.1. The predicted octanol–water partition coefficient (Wildman–Crippen LogP) is 4.37. The number of benzene rings is 1. The van der Waals surface area contributed by atoms with Crippen molar-refractivity contribution in [3.8, 4) is 22.6 Å². The standard InChI is InChI=1S/C23H22F2N6O/c1-30-15-3-4-16(30)12-14(11-15)27-22-26-7-6-19(28-22)21-20(29-23-31(21)8-9-32-23)17-5-2-13(24)10-18(17)25/h2,5-10,14-16H,3-4,11-12H2,1H3,(H,26,27,28). The van der Waals surface area contributed by atoms with Crippen molar-refractivity contribution in [1.82, 2.24) is 24.3 Å². The van der Waals surface area contributed by atoms with E-state index in [2.05, 4.69) is 27.2 Å². The van der Waals surface area contributed by atoms with Crippen LogP contribution in [0.25, 0.3) is 28.5 Å². The van der Waals surface area contributed by atoms with E-state index in [0.29, 0.717) is 47.0 Å². The van der Waals surface area contributed by atoms with Crippen molar-refractivity contribution < 1.29 is 13.2 Å². The van der Waals surface area contributed by atoms with Crippen LogP contribution in [0.2, 0.25) is 0 Å². The van der Waals surface area contributed by atoms with Gasteiger partial charge in [0.05, 0.1) is 5.69 Å². The number of halogens is 2. The quantitative estimate of drug-likeness (QED) is 0.512. The highest BCUT2D eigenvalue weighted by atomic mass is 19.1. The van der Waals surface area contributed by atoms with Gasteiger partial charge in [-0.2, -0.15) is 4.98 Å². The molecule has 32 heavy (non-hydrogen) atoms. The van der Waals surface area contributed by atoms with Crippen LogP contribution < -0.4 is 5.32 Å². The molecule has 2 aliphatic rings. The van der Waals surface area contributed by atoms with E-state index in [9.17, 15) is 8.78 Å². The number of anilines is 1. The Morgan fingerprint density at radius 3 is 2.69 bits per heavy atom. The van der Waals surface area contributed by atoms with Gasteiger partial charge in [-0.25, -0.2) is 18.7 Å². The molecule has 6 rings (SSSR count). The molecule has 4 aromatic rings. The molecule has 2 atom stereocenters. The summed E-state index contributed by atoms with van der Waals surface area (Å²) < 4.78 is 35.2. The average Bonchev–Trinajstić information content (AvgIpc) is 3.40. The SMILES string of the molecule is CN1C2CCC1CC(Nc1nccc(-c3c(-c4ccc(F)cc4F)nc4occn34)n1)C2. The van der Waals surface area contributed by atoms with Crippen LogP contribution in [0.3, 0.4) is 0 Å². The van der Waals surface area contributed by atoms with Crippen LogP contribution in [0, 0.1) is 11.6 Å². The number of nitrogens with zero attached hydrogens (tertiary/aromatic N) is 5. The second kappa shape index (κ2) is 7.37. The second-order valence-corrected chi connectivity index (χ2v) is 8.62. The van der Waals surface area contributed by atoms with Gasteiger partial charge in [0, 0.05) is 42.1 Å². The van der Waals surface area contributed by atoms with Crippen LogP contribution >= 0.6 is 0 Å². The zero-order valence-corrected chi connectivity index (χ0v) is 17.5. The Hall–Kier alpha value is -3.33. The van der Waals surface area contributed by atoms with Crippen molar-refractivity contribution in [1.29, 1.82) is 0 Å². The summed E-state index contributed by atoms with van der Waals surface area (Å²) in [5, 5.41) is 3.50. The number of piperidine rings is 1. The molecule has 2 fully saturated rings. The van der Waals surface area contributed by atoms with Gasteiger partial charge in [-0.15, -0.1) is 0 Å². The molecule has 1 aromatic carbocycles. The Bertz CT molecular complexity index is 1290. The smallest absolute Gasteiger partial charge is 0.306 e. The molecule has 0 amide bonds. The molecule has 3 aromatic heterocycles. The average molecular weight is 436 g/mol. The van der Waals surface area contributed by atoms with Crippen molar-refractivity contribution in [3.05, 3.63) is 54.6 Å². The Balaban J connectivity index is 1.38. The van der Waals surface area contributed by atoms with Gasteiger partial charge in [0.25, 0.3) is 0 Å². The molecule has 0 spiro atoms. The van der Waals surface area contributed by atoms with Crippen LogP contribution in [-0.2, 0) is 0 Å². The number of oxazole rings is 1. The van der Waals surface area contributed by atoms with Gasteiger partial charge in [-0.1, -0.05) is 0 Å². The molecule has 0 aliphatic carbocycles. The normalized spacial score (nSPS) is 23.2. The van der Waals surface area contributed by atoms with E-state index in [0.717, 1.165) is 18.9 Å². The number of rotatable bonds is 4. The van der Waals surface area contributed by atoms with Crippen LogP contribution in [0.4, 0.5) is 14.7 Å². The summed E-state index contributed by atoms with van der Waals surface area (Å²) in [5.41, 5.74) is 1.66. The minimum absolute atomic E-state index is 0.181. The van der Waals surface area contributed by atoms with E-state index in [-0.39, 0.29) is 5.56 Å². The third kappa shape index (κ3) is 3.15. The first-order valence-electron chi connectivity index (χ1n) is 10.8. The van der Waals surface area contributed by atoms with Crippen LogP contribution in [-0.4, -0.2) is 49.4 Å². The van der Waals surface area contributed by atoms with Gasteiger partial charge in [0.15, 0.2) is 0 Å². The number of nitrogens with one attached hydrogen (secondary N) is 1. The predicted molar refractivity (Wildman–Crippen MR) is 115 cm³/mol. The largest absolute Gasteiger partial charge is 0.432 e.